The maximum Gasteiger partial charge on any atom is 0.262 e. The number of benzene rings is 2. The molecule has 24 heavy (non-hydrogen) atoms. The summed E-state index contributed by atoms with van der Waals surface area (Å²) >= 11 is 12.6. The molecule has 1 amide bonds. The Morgan fingerprint density at radius 1 is 1.21 bits per heavy atom. The average molecular weight is 498 g/mol. The van der Waals surface area contributed by atoms with Crippen LogP contribution in [0.3, 0.4) is 0 Å². The van der Waals surface area contributed by atoms with E-state index in [-0.39, 0.29) is 22.2 Å². The number of carbonyl (C=O) groups is 1. The molecule has 2 aromatic rings. The largest absolute Gasteiger partial charge is 0.483 e. The van der Waals surface area contributed by atoms with Gasteiger partial charge < -0.3 is 10.1 Å². The Bertz CT molecular complexity index is 887. The Morgan fingerprint density at radius 2 is 1.92 bits per heavy atom. The van der Waals surface area contributed by atoms with E-state index in [0.717, 1.165) is 10.7 Å². The van der Waals surface area contributed by atoms with Crippen molar-refractivity contribution in [3.63, 3.8) is 0 Å². The molecule has 0 atom stereocenters. The van der Waals surface area contributed by atoms with Gasteiger partial charge >= 0.3 is 0 Å². The van der Waals surface area contributed by atoms with E-state index in [1.165, 1.54) is 18.2 Å². The third-order valence-corrected chi connectivity index (χ3v) is 5.45. The summed E-state index contributed by atoms with van der Waals surface area (Å²) < 4.78 is 30.1. The van der Waals surface area contributed by atoms with E-state index in [2.05, 4.69) is 37.2 Å². The van der Waals surface area contributed by atoms with Crippen LogP contribution in [0.4, 0.5) is 5.69 Å². The third-order valence-electron chi connectivity index (χ3n) is 2.89. The van der Waals surface area contributed by atoms with Crippen molar-refractivity contribution in [2.24, 2.45) is 0 Å². The van der Waals surface area contributed by atoms with Crippen molar-refractivity contribution in [2.75, 3.05) is 18.2 Å². The summed E-state index contributed by atoms with van der Waals surface area (Å²) in [6.45, 7) is -0.250. The Labute approximate surface area is 161 Å². The topological polar surface area (TPSA) is 72.5 Å². The normalized spacial score (nSPS) is 11.2. The monoisotopic (exact) mass is 495 g/mol. The first-order valence-corrected chi connectivity index (χ1v) is 10.4. The van der Waals surface area contributed by atoms with Crippen LogP contribution in [0.2, 0.25) is 5.02 Å². The number of hydrogen-bond acceptors (Lipinski definition) is 4. The zero-order valence-corrected chi connectivity index (χ0v) is 17.1. The number of rotatable bonds is 5. The highest BCUT2D eigenvalue weighted by atomic mass is 79.9. The van der Waals surface area contributed by atoms with Crippen molar-refractivity contribution in [1.29, 1.82) is 0 Å². The second-order valence-electron chi connectivity index (χ2n) is 4.83. The molecule has 9 heteroatoms. The fourth-order valence-electron chi connectivity index (χ4n) is 1.75. The summed E-state index contributed by atoms with van der Waals surface area (Å²) in [6.07, 6.45) is 1.08. The lowest BCUT2D eigenvalue weighted by molar-refractivity contribution is -0.118. The van der Waals surface area contributed by atoms with Gasteiger partial charge in [-0.3, -0.25) is 4.79 Å². The molecule has 0 bridgehead atoms. The first-order chi connectivity index (χ1) is 11.2. The fraction of sp³-hybridized carbons (Fsp3) is 0.133. The first kappa shape index (κ1) is 19.2. The molecule has 0 heterocycles. The molecule has 128 valence electrons. The number of amides is 1. The molecular weight excluding hydrogens is 485 g/mol. The molecule has 0 aliphatic carbocycles. The number of carbonyl (C=O) groups excluding carboxylic acids is 1. The second kappa shape index (κ2) is 7.86. The molecule has 0 unspecified atom stereocenters. The van der Waals surface area contributed by atoms with Gasteiger partial charge in [0, 0.05) is 10.7 Å². The van der Waals surface area contributed by atoms with Crippen LogP contribution in [0.1, 0.15) is 0 Å². The standard InChI is InChI=1S/C15H12Br2ClNO4S/c1-24(21,22)10-3-4-12(18)13(7-10)19-15(20)8-23-14-5-2-9(16)6-11(14)17/h2-7H,8H2,1H3,(H,19,20). The van der Waals surface area contributed by atoms with E-state index in [0.29, 0.717) is 10.2 Å². The van der Waals surface area contributed by atoms with Gasteiger partial charge in [0.1, 0.15) is 5.75 Å². The smallest absolute Gasteiger partial charge is 0.262 e. The summed E-state index contributed by atoms with van der Waals surface area (Å²) in [5, 5.41) is 2.78. The van der Waals surface area contributed by atoms with Gasteiger partial charge in [0.05, 0.1) is 20.1 Å². The lowest BCUT2D eigenvalue weighted by Gasteiger charge is -2.11. The van der Waals surface area contributed by atoms with Crippen molar-refractivity contribution < 1.29 is 17.9 Å². The highest BCUT2D eigenvalue weighted by molar-refractivity contribution is 9.11. The van der Waals surface area contributed by atoms with Crippen LogP contribution >= 0.6 is 43.5 Å². The predicted octanol–water partition coefficient (Wildman–Crippen LogP) is 4.29. The highest BCUT2D eigenvalue weighted by Crippen LogP contribution is 2.28. The SMILES string of the molecule is CS(=O)(=O)c1ccc(Cl)c(NC(=O)COc2ccc(Br)cc2Br)c1. The average Bonchev–Trinajstić information content (AvgIpc) is 2.47. The van der Waals surface area contributed by atoms with Crippen molar-refractivity contribution in [2.45, 2.75) is 4.90 Å². The summed E-state index contributed by atoms with van der Waals surface area (Å²) in [5.74, 6) is 0.0432. The van der Waals surface area contributed by atoms with E-state index < -0.39 is 15.7 Å². The zero-order valence-electron chi connectivity index (χ0n) is 12.3. The zero-order chi connectivity index (χ0) is 17.9. The van der Waals surface area contributed by atoms with Crippen LogP contribution < -0.4 is 10.1 Å². The molecule has 0 fully saturated rings. The van der Waals surface area contributed by atoms with E-state index in [1.807, 2.05) is 0 Å². The molecule has 5 nitrogen and oxygen atoms in total. The summed E-state index contributed by atoms with van der Waals surface area (Å²) in [5.41, 5.74) is 0.211. The minimum atomic E-state index is -3.39. The third kappa shape index (κ3) is 5.20. The lowest BCUT2D eigenvalue weighted by Crippen LogP contribution is -2.20. The van der Waals surface area contributed by atoms with Gasteiger partial charge in [-0.15, -0.1) is 0 Å². The molecule has 0 radical (unpaired) electrons. The molecule has 0 saturated heterocycles. The van der Waals surface area contributed by atoms with Gasteiger partial charge in [0.15, 0.2) is 16.4 Å². The van der Waals surface area contributed by atoms with Gasteiger partial charge in [0.2, 0.25) is 0 Å². The number of nitrogens with one attached hydrogen (secondary N) is 1. The van der Waals surface area contributed by atoms with Crippen molar-refractivity contribution in [3.8, 4) is 5.75 Å². The van der Waals surface area contributed by atoms with E-state index in [4.69, 9.17) is 16.3 Å². The summed E-state index contributed by atoms with van der Waals surface area (Å²) in [4.78, 5) is 12.1. The van der Waals surface area contributed by atoms with Crippen LogP contribution in [-0.4, -0.2) is 27.2 Å². The van der Waals surface area contributed by atoms with Gasteiger partial charge in [-0.05, 0) is 52.3 Å². The van der Waals surface area contributed by atoms with E-state index >= 15 is 0 Å². The molecular formula is C15H12Br2ClNO4S. The van der Waals surface area contributed by atoms with Crippen LogP contribution in [-0.2, 0) is 14.6 Å². The van der Waals surface area contributed by atoms with E-state index in [1.54, 1.807) is 18.2 Å². The first-order valence-electron chi connectivity index (χ1n) is 6.54. The maximum absolute atomic E-state index is 12.0. The minimum Gasteiger partial charge on any atom is -0.483 e. The Balaban J connectivity index is 2.07. The van der Waals surface area contributed by atoms with Gasteiger partial charge in [0.25, 0.3) is 5.91 Å². The number of halogens is 3. The maximum atomic E-state index is 12.0. The Kier molecular flexibility index (Phi) is 6.30. The number of sulfone groups is 1. The minimum absolute atomic E-state index is 0.0683. The molecule has 0 aromatic heterocycles. The van der Waals surface area contributed by atoms with Gasteiger partial charge in [-0.25, -0.2) is 8.42 Å². The van der Waals surface area contributed by atoms with E-state index in [9.17, 15) is 13.2 Å². The molecule has 2 aromatic carbocycles. The lowest BCUT2D eigenvalue weighted by atomic mass is 10.3. The summed E-state index contributed by atoms with van der Waals surface area (Å²) in [6, 6.07) is 9.39. The van der Waals surface area contributed by atoms with Crippen LogP contribution in [0.5, 0.6) is 5.75 Å². The molecule has 0 aliphatic heterocycles. The summed E-state index contributed by atoms with van der Waals surface area (Å²) in [7, 11) is -3.39. The van der Waals surface area contributed by atoms with Crippen molar-refractivity contribution >= 4 is 64.9 Å². The molecule has 1 N–H and O–H groups in total. The van der Waals surface area contributed by atoms with Crippen LogP contribution in [0.25, 0.3) is 0 Å². The molecule has 0 saturated carbocycles. The molecule has 0 aliphatic rings. The molecule has 0 spiro atoms. The Hall–Kier alpha value is -1.09. The Morgan fingerprint density at radius 3 is 2.54 bits per heavy atom. The predicted molar refractivity (Wildman–Crippen MR) is 101 cm³/mol. The van der Waals surface area contributed by atoms with Crippen molar-refractivity contribution in [3.05, 3.63) is 50.4 Å². The number of ether oxygens (including phenoxy) is 1. The number of hydrogen-bond donors (Lipinski definition) is 1. The van der Waals surface area contributed by atoms with Crippen molar-refractivity contribution in [1.82, 2.24) is 0 Å². The molecule has 2 rings (SSSR count). The van der Waals surface area contributed by atoms with Gasteiger partial charge in [-0.1, -0.05) is 27.5 Å². The van der Waals surface area contributed by atoms with Crippen LogP contribution in [0.15, 0.2) is 50.2 Å². The number of anilines is 1. The van der Waals surface area contributed by atoms with Gasteiger partial charge in [-0.2, -0.15) is 0 Å². The fourth-order valence-corrected chi connectivity index (χ4v) is 3.73. The van der Waals surface area contributed by atoms with Crippen LogP contribution in [0, 0.1) is 0 Å². The highest BCUT2D eigenvalue weighted by Gasteiger charge is 2.13. The quantitative estimate of drug-likeness (QED) is 0.669. The second-order valence-corrected chi connectivity index (χ2v) is 9.02.